The first kappa shape index (κ1) is 15.4. The minimum atomic E-state index is -0.942. The second-order valence-electron chi connectivity index (χ2n) is 5.74. The van der Waals surface area contributed by atoms with Crippen LogP contribution in [0.3, 0.4) is 0 Å². The van der Waals surface area contributed by atoms with Gasteiger partial charge >= 0.3 is 5.97 Å². The van der Waals surface area contributed by atoms with Crippen LogP contribution in [0.5, 0.6) is 5.75 Å². The van der Waals surface area contributed by atoms with Gasteiger partial charge in [-0.05, 0) is 44.4 Å². The van der Waals surface area contributed by atoms with Crippen molar-refractivity contribution in [2.45, 2.75) is 39.3 Å². The number of aliphatic carboxylic acids is 1. The summed E-state index contributed by atoms with van der Waals surface area (Å²) in [5.74, 6) is -0.597. The Morgan fingerprint density at radius 1 is 1.38 bits per heavy atom. The Balaban J connectivity index is 2.21. The highest BCUT2D eigenvalue weighted by atomic mass is 16.5. The van der Waals surface area contributed by atoms with Gasteiger partial charge in [-0.1, -0.05) is 13.0 Å². The fourth-order valence-corrected chi connectivity index (χ4v) is 2.69. The summed E-state index contributed by atoms with van der Waals surface area (Å²) >= 11 is 0. The molecule has 1 heterocycles. The van der Waals surface area contributed by atoms with Crippen LogP contribution in [0.2, 0.25) is 0 Å². The lowest BCUT2D eigenvalue weighted by atomic mass is 10.0. The van der Waals surface area contributed by atoms with E-state index in [0.717, 1.165) is 0 Å². The highest BCUT2D eigenvalue weighted by Gasteiger charge is 2.39. The van der Waals surface area contributed by atoms with E-state index in [1.165, 1.54) is 4.90 Å². The van der Waals surface area contributed by atoms with Crippen molar-refractivity contribution in [2.24, 2.45) is 5.92 Å². The Morgan fingerprint density at radius 3 is 2.71 bits per heavy atom. The minimum Gasteiger partial charge on any atom is -0.491 e. The number of rotatable bonds is 4. The summed E-state index contributed by atoms with van der Waals surface area (Å²) in [4.78, 5) is 25.4. The SMILES string of the molecule is CC(C)Oc1cccc(C(=O)N2CCC(C)C2C(=O)O)c1. The monoisotopic (exact) mass is 291 g/mol. The summed E-state index contributed by atoms with van der Waals surface area (Å²) < 4.78 is 5.58. The molecule has 5 heteroatoms. The molecule has 114 valence electrons. The number of nitrogens with zero attached hydrogens (tertiary/aromatic N) is 1. The van der Waals surface area contributed by atoms with Crippen molar-refractivity contribution in [3.8, 4) is 5.75 Å². The summed E-state index contributed by atoms with van der Waals surface area (Å²) in [6.07, 6.45) is 0.735. The van der Waals surface area contributed by atoms with Gasteiger partial charge in [-0.15, -0.1) is 0 Å². The summed E-state index contributed by atoms with van der Waals surface area (Å²) in [7, 11) is 0. The molecule has 0 radical (unpaired) electrons. The Kier molecular flexibility index (Phi) is 4.50. The minimum absolute atomic E-state index is 0.0222. The molecule has 1 aliphatic heterocycles. The molecule has 2 rings (SSSR count). The highest BCUT2D eigenvalue weighted by Crippen LogP contribution is 2.27. The van der Waals surface area contributed by atoms with E-state index in [2.05, 4.69) is 0 Å². The molecule has 0 aliphatic carbocycles. The van der Waals surface area contributed by atoms with E-state index in [-0.39, 0.29) is 17.9 Å². The first-order valence-electron chi connectivity index (χ1n) is 7.20. The van der Waals surface area contributed by atoms with E-state index in [9.17, 15) is 14.7 Å². The largest absolute Gasteiger partial charge is 0.491 e. The van der Waals surface area contributed by atoms with Crippen molar-refractivity contribution in [1.29, 1.82) is 0 Å². The van der Waals surface area contributed by atoms with Crippen LogP contribution >= 0.6 is 0 Å². The average Bonchev–Trinajstić information content (AvgIpc) is 2.79. The first-order chi connectivity index (χ1) is 9.90. The van der Waals surface area contributed by atoms with Gasteiger partial charge in [-0.25, -0.2) is 4.79 Å². The predicted molar refractivity (Wildman–Crippen MR) is 78.4 cm³/mol. The Morgan fingerprint density at radius 2 is 2.10 bits per heavy atom. The van der Waals surface area contributed by atoms with Gasteiger partial charge in [0.05, 0.1) is 6.10 Å². The van der Waals surface area contributed by atoms with E-state index >= 15 is 0 Å². The maximum Gasteiger partial charge on any atom is 0.326 e. The molecule has 0 saturated carbocycles. The fraction of sp³-hybridized carbons (Fsp3) is 0.500. The van der Waals surface area contributed by atoms with E-state index in [4.69, 9.17) is 4.74 Å². The maximum absolute atomic E-state index is 12.6. The van der Waals surface area contributed by atoms with Crippen molar-refractivity contribution in [1.82, 2.24) is 4.90 Å². The number of ether oxygens (including phenoxy) is 1. The van der Waals surface area contributed by atoms with Crippen LogP contribution in [-0.2, 0) is 4.79 Å². The second kappa shape index (κ2) is 6.16. The molecule has 5 nitrogen and oxygen atoms in total. The maximum atomic E-state index is 12.6. The molecule has 1 amide bonds. The third kappa shape index (κ3) is 3.35. The fourth-order valence-electron chi connectivity index (χ4n) is 2.69. The molecule has 1 aromatic rings. The lowest BCUT2D eigenvalue weighted by Crippen LogP contribution is -2.42. The van der Waals surface area contributed by atoms with E-state index in [1.54, 1.807) is 24.3 Å². The number of hydrogen-bond donors (Lipinski definition) is 1. The van der Waals surface area contributed by atoms with Crippen molar-refractivity contribution in [3.63, 3.8) is 0 Å². The van der Waals surface area contributed by atoms with Gasteiger partial charge in [0.1, 0.15) is 11.8 Å². The van der Waals surface area contributed by atoms with Crippen LogP contribution < -0.4 is 4.74 Å². The van der Waals surface area contributed by atoms with Crippen LogP contribution in [0.1, 0.15) is 37.6 Å². The Bertz CT molecular complexity index is 541. The molecular weight excluding hydrogens is 270 g/mol. The molecule has 1 N–H and O–H groups in total. The molecule has 2 unspecified atom stereocenters. The van der Waals surface area contributed by atoms with Gasteiger partial charge in [0.25, 0.3) is 5.91 Å². The van der Waals surface area contributed by atoms with E-state index < -0.39 is 12.0 Å². The van der Waals surface area contributed by atoms with Crippen molar-refractivity contribution < 1.29 is 19.4 Å². The molecule has 2 atom stereocenters. The second-order valence-corrected chi connectivity index (χ2v) is 5.74. The normalized spacial score (nSPS) is 21.6. The number of carbonyl (C=O) groups excluding carboxylic acids is 1. The third-order valence-corrected chi connectivity index (χ3v) is 3.67. The van der Waals surface area contributed by atoms with Gasteiger partial charge in [0.2, 0.25) is 0 Å². The molecular formula is C16H21NO4. The van der Waals surface area contributed by atoms with Gasteiger partial charge < -0.3 is 14.7 Å². The Hall–Kier alpha value is -2.04. The average molecular weight is 291 g/mol. The van der Waals surface area contributed by atoms with E-state index in [0.29, 0.717) is 24.3 Å². The molecule has 0 aromatic heterocycles. The van der Waals surface area contributed by atoms with Crippen LogP contribution in [0.15, 0.2) is 24.3 Å². The van der Waals surface area contributed by atoms with Crippen molar-refractivity contribution in [2.75, 3.05) is 6.54 Å². The number of benzene rings is 1. The third-order valence-electron chi connectivity index (χ3n) is 3.67. The topological polar surface area (TPSA) is 66.8 Å². The standard InChI is InChI=1S/C16H21NO4/c1-10(2)21-13-6-4-5-12(9-13)15(18)17-8-7-11(3)14(17)16(19)20/h4-6,9-11,14H,7-8H2,1-3H3,(H,19,20). The number of carboxylic acids is 1. The lowest BCUT2D eigenvalue weighted by Gasteiger charge is -2.23. The smallest absolute Gasteiger partial charge is 0.326 e. The van der Waals surface area contributed by atoms with Crippen LogP contribution in [-0.4, -0.2) is 40.6 Å². The zero-order chi connectivity index (χ0) is 15.6. The summed E-state index contributed by atoms with van der Waals surface area (Å²) in [5, 5.41) is 9.30. The number of carbonyl (C=O) groups is 2. The molecule has 1 fully saturated rings. The molecule has 1 saturated heterocycles. The molecule has 1 aromatic carbocycles. The van der Waals surface area contributed by atoms with Gasteiger partial charge in [-0.3, -0.25) is 4.79 Å². The first-order valence-corrected chi connectivity index (χ1v) is 7.20. The molecule has 0 spiro atoms. The van der Waals surface area contributed by atoms with Gasteiger partial charge in [-0.2, -0.15) is 0 Å². The highest BCUT2D eigenvalue weighted by molar-refractivity contribution is 5.97. The zero-order valence-electron chi connectivity index (χ0n) is 12.6. The van der Waals surface area contributed by atoms with Crippen LogP contribution in [0.4, 0.5) is 0 Å². The number of hydrogen-bond acceptors (Lipinski definition) is 3. The quantitative estimate of drug-likeness (QED) is 0.925. The molecule has 21 heavy (non-hydrogen) atoms. The van der Waals surface area contributed by atoms with Crippen LogP contribution in [0, 0.1) is 5.92 Å². The lowest BCUT2D eigenvalue weighted by molar-refractivity contribution is -0.142. The van der Waals surface area contributed by atoms with Gasteiger partial charge in [0, 0.05) is 12.1 Å². The number of amides is 1. The number of likely N-dealkylation sites (tertiary alicyclic amines) is 1. The summed E-state index contributed by atoms with van der Waals surface area (Å²) in [5.41, 5.74) is 0.466. The van der Waals surface area contributed by atoms with Crippen molar-refractivity contribution in [3.05, 3.63) is 29.8 Å². The molecule has 0 bridgehead atoms. The summed E-state index contributed by atoms with van der Waals surface area (Å²) in [6.45, 7) is 6.17. The van der Waals surface area contributed by atoms with Crippen LogP contribution in [0.25, 0.3) is 0 Å². The Labute approximate surface area is 124 Å². The van der Waals surface area contributed by atoms with E-state index in [1.807, 2.05) is 20.8 Å². The zero-order valence-corrected chi connectivity index (χ0v) is 12.6. The predicted octanol–water partition coefficient (Wildman–Crippen LogP) is 2.41. The molecule has 1 aliphatic rings. The number of carboxylic acid groups (broad SMARTS) is 1. The van der Waals surface area contributed by atoms with Gasteiger partial charge in [0.15, 0.2) is 0 Å². The summed E-state index contributed by atoms with van der Waals surface area (Å²) in [6, 6.07) is 6.16. The van der Waals surface area contributed by atoms with Crippen molar-refractivity contribution >= 4 is 11.9 Å².